The van der Waals surface area contributed by atoms with E-state index in [9.17, 15) is 20.4 Å². The summed E-state index contributed by atoms with van der Waals surface area (Å²) in [5, 5.41) is 40.8. The molecule has 0 aromatic heterocycles. The summed E-state index contributed by atoms with van der Waals surface area (Å²) in [5.41, 5.74) is -0.0359. The third kappa shape index (κ3) is 4.88. The van der Waals surface area contributed by atoms with Gasteiger partial charge in [-0.05, 0) is 81.0 Å². The Morgan fingerprint density at radius 2 is 1.07 bits per heavy atom. The van der Waals surface area contributed by atoms with Gasteiger partial charge in [0.1, 0.15) is 0 Å². The molecule has 3 saturated carbocycles. The second-order valence-electron chi connectivity index (χ2n) is 9.89. The zero-order chi connectivity index (χ0) is 19.3. The Labute approximate surface area is 165 Å². The summed E-state index contributed by atoms with van der Waals surface area (Å²) >= 11 is 0. The fourth-order valence-corrected chi connectivity index (χ4v) is 7.02. The van der Waals surface area contributed by atoms with Crippen molar-refractivity contribution in [3.8, 4) is 0 Å². The number of rotatable bonds is 7. The number of aliphatic hydroxyl groups excluding tert-OH is 4. The summed E-state index contributed by atoms with van der Waals surface area (Å²) in [4.78, 5) is 0. The molecule has 0 bridgehead atoms. The van der Waals surface area contributed by atoms with E-state index in [1.165, 1.54) is 32.1 Å². The molecule has 3 rings (SSSR count). The van der Waals surface area contributed by atoms with Gasteiger partial charge < -0.3 is 20.4 Å². The van der Waals surface area contributed by atoms with Gasteiger partial charge in [-0.2, -0.15) is 0 Å². The molecule has 0 aliphatic heterocycles. The molecule has 3 aliphatic rings. The Bertz CT molecular complexity index is 392. The molecule has 4 nitrogen and oxygen atoms in total. The maximum Gasteiger partial charge on any atom is 0.0540 e. The van der Waals surface area contributed by atoms with E-state index in [-0.39, 0.29) is 36.8 Å². The van der Waals surface area contributed by atoms with E-state index in [0.29, 0.717) is 17.8 Å². The average Bonchev–Trinajstić information content (AvgIpc) is 2.70. The van der Waals surface area contributed by atoms with Gasteiger partial charge in [-0.3, -0.25) is 0 Å². The Kier molecular flexibility index (Phi) is 8.02. The minimum absolute atomic E-state index is 0.0359. The highest BCUT2D eigenvalue weighted by molar-refractivity contribution is 5.01. The minimum Gasteiger partial charge on any atom is -0.396 e. The molecule has 3 fully saturated rings. The first-order valence-electron chi connectivity index (χ1n) is 11.7. The van der Waals surface area contributed by atoms with Crippen LogP contribution in [0.4, 0.5) is 0 Å². The molecule has 3 aliphatic carbocycles. The van der Waals surface area contributed by atoms with Gasteiger partial charge in [0.15, 0.2) is 0 Å². The van der Waals surface area contributed by atoms with Crippen molar-refractivity contribution in [2.45, 2.75) is 102 Å². The lowest BCUT2D eigenvalue weighted by molar-refractivity contribution is -0.105. The summed E-state index contributed by atoms with van der Waals surface area (Å²) in [6.07, 6.45) is 14.8. The van der Waals surface area contributed by atoms with Crippen molar-refractivity contribution in [3.05, 3.63) is 0 Å². The fourth-order valence-electron chi connectivity index (χ4n) is 7.02. The molecule has 0 amide bonds. The van der Waals surface area contributed by atoms with Crippen LogP contribution in [-0.4, -0.2) is 45.8 Å². The Hall–Kier alpha value is -0.160. The quantitative estimate of drug-likeness (QED) is 0.542. The molecule has 158 valence electrons. The van der Waals surface area contributed by atoms with Crippen LogP contribution in [0.25, 0.3) is 0 Å². The highest BCUT2D eigenvalue weighted by atomic mass is 16.3. The fraction of sp³-hybridized carbons (Fsp3) is 1.00. The molecule has 4 heteroatoms. The molecule has 0 aromatic rings. The molecule has 0 radical (unpaired) electrons. The van der Waals surface area contributed by atoms with Crippen molar-refractivity contribution in [2.75, 3.05) is 13.2 Å². The van der Waals surface area contributed by atoms with E-state index in [2.05, 4.69) is 0 Å². The zero-order valence-electron chi connectivity index (χ0n) is 17.1. The van der Waals surface area contributed by atoms with Crippen molar-refractivity contribution in [3.63, 3.8) is 0 Å². The second-order valence-corrected chi connectivity index (χ2v) is 9.89. The highest BCUT2D eigenvalue weighted by Crippen LogP contribution is 2.57. The van der Waals surface area contributed by atoms with Gasteiger partial charge in [-0.25, -0.2) is 0 Å². The lowest BCUT2D eigenvalue weighted by Gasteiger charge is -2.55. The van der Waals surface area contributed by atoms with E-state index >= 15 is 0 Å². The first-order chi connectivity index (χ1) is 13.1. The third-order valence-corrected chi connectivity index (χ3v) is 8.48. The number of hydrogen-bond donors (Lipinski definition) is 4. The van der Waals surface area contributed by atoms with Gasteiger partial charge in [0.25, 0.3) is 0 Å². The molecule has 0 spiro atoms. The van der Waals surface area contributed by atoms with Crippen LogP contribution in [0, 0.1) is 29.1 Å². The first kappa shape index (κ1) is 21.5. The van der Waals surface area contributed by atoms with Crippen molar-refractivity contribution >= 4 is 0 Å². The predicted octanol–water partition coefficient (Wildman–Crippen LogP) is 3.65. The molecule has 4 N–H and O–H groups in total. The maximum absolute atomic E-state index is 10.3. The lowest BCUT2D eigenvalue weighted by Crippen LogP contribution is -2.51. The van der Waals surface area contributed by atoms with Gasteiger partial charge in [0, 0.05) is 19.1 Å². The smallest absolute Gasteiger partial charge is 0.0540 e. The van der Waals surface area contributed by atoms with Gasteiger partial charge in [0.05, 0.1) is 12.2 Å². The SMILES string of the molecule is OCC(CO)C(CC1CCCCC1)(C1CCC(O)CC1)C1CCC(O)CC1. The van der Waals surface area contributed by atoms with Crippen LogP contribution in [0.2, 0.25) is 0 Å². The Balaban J connectivity index is 1.91. The van der Waals surface area contributed by atoms with Gasteiger partial charge in [0.2, 0.25) is 0 Å². The summed E-state index contributed by atoms with van der Waals surface area (Å²) < 4.78 is 0. The van der Waals surface area contributed by atoms with E-state index in [1.807, 2.05) is 0 Å². The second kappa shape index (κ2) is 10.0. The van der Waals surface area contributed by atoms with Crippen molar-refractivity contribution < 1.29 is 20.4 Å². The largest absolute Gasteiger partial charge is 0.396 e. The molecular weight excluding hydrogens is 340 g/mol. The van der Waals surface area contributed by atoms with Crippen LogP contribution in [0.15, 0.2) is 0 Å². The summed E-state index contributed by atoms with van der Waals surface area (Å²) in [6.45, 7) is 0.114. The Morgan fingerprint density at radius 3 is 1.48 bits per heavy atom. The van der Waals surface area contributed by atoms with E-state index in [1.54, 1.807) is 0 Å². The van der Waals surface area contributed by atoms with Crippen molar-refractivity contribution in [1.29, 1.82) is 0 Å². The van der Waals surface area contributed by atoms with E-state index in [4.69, 9.17) is 0 Å². The van der Waals surface area contributed by atoms with Crippen LogP contribution in [0.1, 0.15) is 89.9 Å². The zero-order valence-corrected chi connectivity index (χ0v) is 17.1. The first-order valence-corrected chi connectivity index (χ1v) is 11.7. The Morgan fingerprint density at radius 1 is 0.630 bits per heavy atom. The summed E-state index contributed by atoms with van der Waals surface area (Å²) in [6, 6.07) is 0. The number of aliphatic hydroxyl groups is 4. The van der Waals surface area contributed by atoms with Crippen LogP contribution < -0.4 is 0 Å². The molecule has 27 heavy (non-hydrogen) atoms. The normalized spacial score (nSPS) is 35.9. The van der Waals surface area contributed by atoms with Crippen LogP contribution >= 0.6 is 0 Å². The standard InChI is InChI=1S/C23H42O4/c24-15-20(16-25)23(14-17-4-2-1-3-5-17,18-6-10-21(26)11-7-18)19-8-12-22(27)13-9-19/h17-22,24-27H,1-16H2. The van der Waals surface area contributed by atoms with Gasteiger partial charge >= 0.3 is 0 Å². The monoisotopic (exact) mass is 382 g/mol. The molecule has 0 saturated heterocycles. The van der Waals surface area contributed by atoms with Crippen LogP contribution in [0.3, 0.4) is 0 Å². The molecular formula is C23H42O4. The lowest BCUT2D eigenvalue weighted by atomic mass is 9.50. The molecule has 0 unspecified atom stereocenters. The molecule has 0 aromatic carbocycles. The molecule has 0 heterocycles. The third-order valence-electron chi connectivity index (χ3n) is 8.48. The highest BCUT2D eigenvalue weighted by Gasteiger charge is 2.52. The minimum atomic E-state index is -0.177. The van der Waals surface area contributed by atoms with Crippen LogP contribution in [0.5, 0.6) is 0 Å². The summed E-state index contributed by atoms with van der Waals surface area (Å²) in [5.74, 6) is 1.60. The van der Waals surface area contributed by atoms with E-state index < -0.39 is 0 Å². The topological polar surface area (TPSA) is 80.9 Å². The summed E-state index contributed by atoms with van der Waals surface area (Å²) in [7, 11) is 0. The molecule has 0 atom stereocenters. The van der Waals surface area contributed by atoms with Gasteiger partial charge in [-0.1, -0.05) is 32.1 Å². The average molecular weight is 383 g/mol. The van der Waals surface area contributed by atoms with Crippen LogP contribution in [-0.2, 0) is 0 Å². The van der Waals surface area contributed by atoms with Gasteiger partial charge in [-0.15, -0.1) is 0 Å². The van der Waals surface area contributed by atoms with E-state index in [0.717, 1.165) is 57.8 Å². The maximum atomic E-state index is 10.3. The van der Waals surface area contributed by atoms with Crippen molar-refractivity contribution in [1.82, 2.24) is 0 Å². The van der Waals surface area contributed by atoms with Crippen molar-refractivity contribution in [2.24, 2.45) is 29.1 Å². The number of hydrogen-bond acceptors (Lipinski definition) is 4. The predicted molar refractivity (Wildman–Crippen MR) is 107 cm³/mol.